The standard InChI is InChI=1S/C28H36N8O2/c1-7-34-26(38)22-17-29-27(30-20-8-9-21(18(2)16-20)19-12-14-33(6)15-13-19)31-25(22)35(34)23-10-11-24(37)36(32-23)28(3,4)5/h8-11,16-17,19H,7,12-15H2,1-6H3,(H,29,30,31). The van der Waals surface area contributed by atoms with Gasteiger partial charge in [0.15, 0.2) is 11.5 Å². The first kappa shape index (κ1) is 25.8. The highest BCUT2D eigenvalue weighted by atomic mass is 16.1. The summed E-state index contributed by atoms with van der Waals surface area (Å²) in [5.74, 6) is 1.41. The van der Waals surface area contributed by atoms with Gasteiger partial charge in [0.2, 0.25) is 5.95 Å². The van der Waals surface area contributed by atoms with Crippen molar-refractivity contribution in [2.45, 2.75) is 65.5 Å². The lowest BCUT2D eigenvalue weighted by Gasteiger charge is -2.30. The van der Waals surface area contributed by atoms with Crippen molar-refractivity contribution in [1.29, 1.82) is 0 Å². The molecule has 0 unspecified atom stereocenters. The zero-order valence-electron chi connectivity index (χ0n) is 23.0. The van der Waals surface area contributed by atoms with Gasteiger partial charge >= 0.3 is 0 Å². The third kappa shape index (κ3) is 4.76. The zero-order valence-corrected chi connectivity index (χ0v) is 23.0. The molecule has 1 saturated heterocycles. The van der Waals surface area contributed by atoms with Gasteiger partial charge < -0.3 is 10.2 Å². The molecule has 1 aliphatic heterocycles. The van der Waals surface area contributed by atoms with E-state index in [0.29, 0.717) is 35.3 Å². The number of anilines is 2. The SMILES string of the molecule is CCn1c(=O)c2cnc(Nc3ccc(C4CCN(C)CC4)c(C)c3)nc2n1-c1ccc(=O)n(C(C)(C)C)n1. The highest BCUT2D eigenvalue weighted by Gasteiger charge is 2.22. The van der Waals surface area contributed by atoms with Crippen molar-refractivity contribution >= 4 is 22.7 Å². The lowest BCUT2D eigenvalue weighted by atomic mass is 9.87. The number of nitrogens with zero attached hydrogens (tertiary/aromatic N) is 7. The average molecular weight is 517 g/mol. The maximum Gasteiger partial charge on any atom is 0.278 e. The van der Waals surface area contributed by atoms with Gasteiger partial charge in [-0.3, -0.25) is 9.59 Å². The number of aryl methyl sites for hydroxylation is 1. The van der Waals surface area contributed by atoms with E-state index in [1.54, 1.807) is 21.6 Å². The lowest BCUT2D eigenvalue weighted by Crippen LogP contribution is -2.36. The molecule has 1 fully saturated rings. The first-order chi connectivity index (χ1) is 18.1. The fraction of sp³-hybridized carbons (Fsp3) is 0.464. The smallest absolute Gasteiger partial charge is 0.278 e. The summed E-state index contributed by atoms with van der Waals surface area (Å²) in [6, 6.07) is 9.50. The molecule has 3 aromatic heterocycles. The molecule has 200 valence electrons. The number of nitrogens with one attached hydrogen (secondary N) is 1. The molecule has 1 N–H and O–H groups in total. The molecule has 1 aliphatic rings. The molecule has 4 heterocycles. The quantitative estimate of drug-likeness (QED) is 0.431. The van der Waals surface area contributed by atoms with Crippen molar-refractivity contribution < 1.29 is 0 Å². The number of fused-ring (bicyclic) bond motifs is 1. The molecule has 0 radical (unpaired) electrons. The van der Waals surface area contributed by atoms with Crippen LogP contribution in [0.2, 0.25) is 0 Å². The predicted molar refractivity (Wildman–Crippen MR) is 150 cm³/mol. The Kier molecular flexibility index (Phi) is 6.68. The van der Waals surface area contributed by atoms with Crippen LogP contribution in [0.15, 0.2) is 46.1 Å². The molecule has 1 aromatic carbocycles. The van der Waals surface area contributed by atoms with Gasteiger partial charge in [-0.2, -0.15) is 4.98 Å². The van der Waals surface area contributed by atoms with Crippen LogP contribution in [0.4, 0.5) is 11.6 Å². The number of hydrogen-bond acceptors (Lipinski definition) is 7. The summed E-state index contributed by atoms with van der Waals surface area (Å²) in [6.07, 6.45) is 3.90. The minimum atomic E-state index is -0.521. The van der Waals surface area contributed by atoms with Crippen molar-refractivity contribution in [1.82, 2.24) is 34.0 Å². The lowest BCUT2D eigenvalue weighted by molar-refractivity contribution is 0.255. The molecule has 38 heavy (non-hydrogen) atoms. The van der Waals surface area contributed by atoms with Crippen LogP contribution in [0.25, 0.3) is 16.9 Å². The van der Waals surface area contributed by atoms with E-state index in [1.165, 1.54) is 34.7 Å². The second kappa shape index (κ2) is 9.83. The molecule has 0 aliphatic carbocycles. The molecule has 10 heteroatoms. The van der Waals surface area contributed by atoms with Gasteiger partial charge in [0.1, 0.15) is 5.39 Å². The van der Waals surface area contributed by atoms with Crippen LogP contribution in [-0.2, 0) is 12.1 Å². The Morgan fingerprint density at radius 3 is 2.47 bits per heavy atom. The van der Waals surface area contributed by atoms with Gasteiger partial charge in [-0.25, -0.2) is 19.0 Å². The van der Waals surface area contributed by atoms with Crippen LogP contribution in [-0.4, -0.2) is 54.1 Å². The van der Waals surface area contributed by atoms with E-state index < -0.39 is 5.54 Å². The van der Waals surface area contributed by atoms with Crippen molar-refractivity contribution in [2.75, 3.05) is 25.5 Å². The Bertz CT molecular complexity index is 1600. The van der Waals surface area contributed by atoms with E-state index in [0.717, 1.165) is 18.8 Å². The Labute approximate surface area is 221 Å². The van der Waals surface area contributed by atoms with E-state index in [9.17, 15) is 9.59 Å². The average Bonchev–Trinajstić information content (AvgIpc) is 3.15. The van der Waals surface area contributed by atoms with Crippen LogP contribution in [0.1, 0.15) is 57.6 Å². The van der Waals surface area contributed by atoms with Crippen LogP contribution in [0.3, 0.4) is 0 Å². The van der Waals surface area contributed by atoms with Crippen molar-refractivity contribution in [3.8, 4) is 5.82 Å². The summed E-state index contributed by atoms with van der Waals surface area (Å²) in [5.41, 5.74) is 3.03. The highest BCUT2D eigenvalue weighted by molar-refractivity contribution is 5.77. The molecule has 0 amide bonds. The van der Waals surface area contributed by atoms with E-state index in [4.69, 9.17) is 4.98 Å². The second-order valence-corrected chi connectivity index (χ2v) is 11.1. The van der Waals surface area contributed by atoms with Gasteiger partial charge in [-0.1, -0.05) is 6.07 Å². The van der Waals surface area contributed by atoms with Gasteiger partial charge in [0, 0.05) is 24.5 Å². The third-order valence-corrected chi connectivity index (χ3v) is 7.30. The largest absolute Gasteiger partial charge is 0.324 e. The normalized spacial score (nSPS) is 15.3. The predicted octanol–water partition coefficient (Wildman–Crippen LogP) is 3.78. The molecule has 0 bridgehead atoms. The molecule has 10 nitrogen and oxygen atoms in total. The van der Waals surface area contributed by atoms with Gasteiger partial charge in [-0.05, 0) is 103 Å². The highest BCUT2D eigenvalue weighted by Crippen LogP contribution is 2.31. The van der Waals surface area contributed by atoms with E-state index in [-0.39, 0.29) is 11.1 Å². The number of piperidine rings is 1. The summed E-state index contributed by atoms with van der Waals surface area (Å²) < 4.78 is 4.65. The third-order valence-electron chi connectivity index (χ3n) is 7.30. The molecule has 5 rings (SSSR count). The summed E-state index contributed by atoms with van der Waals surface area (Å²) in [6.45, 7) is 12.4. The van der Waals surface area contributed by atoms with Crippen LogP contribution >= 0.6 is 0 Å². The van der Waals surface area contributed by atoms with Crippen molar-refractivity contribution in [2.24, 2.45) is 0 Å². The molecular weight excluding hydrogens is 480 g/mol. The topological polar surface area (TPSA) is 103 Å². The Hall–Kier alpha value is -3.79. The number of rotatable bonds is 5. The summed E-state index contributed by atoms with van der Waals surface area (Å²) in [7, 11) is 2.18. The van der Waals surface area contributed by atoms with Crippen LogP contribution < -0.4 is 16.4 Å². The van der Waals surface area contributed by atoms with Gasteiger partial charge in [0.25, 0.3) is 11.1 Å². The maximum atomic E-state index is 13.2. The number of likely N-dealkylation sites (tertiary alicyclic amines) is 1. The van der Waals surface area contributed by atoms with E-state index in [2.05, 4.69) is 52.5 Å². The Balaban J connectivity index is 1.52. The zero-order chi connectivity index (χ0) is 27.2. The van der Waals surface area contributed by atoms with Gasteiger partial charge in [0.05, 0.1) is 5.54 Å². The van der Waals surface area contributed by atoms with E-state index >= 15 is 0 Å². The number of aromatic nitrogens is 6. The van der Waals surface area contributed by atoms with Crippen molar-refractivity contribution in [3.05, 3.63) is 68.4 Å². The first-order valence-electron chi connectivity index (χ1n) is 13.2. The molecule has 0 spiro atoms. The summed E-state index contributed by atoms with van der Waals surface area (Å²) >= 11 is 0. The number of hydrogen-bond donors (Lipinski definition) is 1. The second-order valence-electron chi connectivity index (χ2n) is 11.1. The first-order valence-corrected chi connectivity index (χ1v) is 13.2. The molecular formula is C28H36N8O2. The van der Waals surface area contributed by atoms with Crippen LogP contribution in [0.5, 0.6) is 0 Å². The molecule has 0 atom stereocenters. The monoisotopic (exact) mass is 516 g/mol. The Morgan fingerprint density at radius 2 is 1.82 bits per heavy atom. The minimum Gasteiger partial charge on any atom is -0.324 e. The maximum absolute atomic E-state index is 13.2. The Morgan fingerprint density at radius 1 is 1.08 bits per heavy atom. The minimum absolute atomic E-state index is 0.206. The number of benzene rings is 1. The van der Waals surface area contributed by atoms with Crippen LogP contribution in [0, 0.1) is 6.92 Å². The van der Waals surface area contributed by atoms with Gasteiger partial charge in [-0.15, -0.1) is 5.10 Å². The summed E-state index contributed by atoms with van der Waals surface area (Å²) in [4.78, 5) is 37.2. The van der Waals surface area contributed by atoms with Crippen molar-refractivity contribution in [3.63, 3.8) is 0 Å². The fourth-order valence-corrected chi connectivity index (χ4v) is 5.26. The van der Waals surface area contributed by atoms with E-state index in [1.807, 2.05) is 27.7 Å². The molecule has 4 aromatic rings. The summed E-state index contributed by atoms with van der Waals surface area (Å²) in [5, 5.41) is 8.30. The fourth-order valence-electron chi connectivity index (χ4n) is 5.26. The molecule has 0 saturated carbocycles.